The molecule has 1 aliphatic rings. The summed E-state index contributed by atoms with van der Waals surface area (Å²) in [5.41, 5.74) is 2.49. The molecule has 0 saturated carbocycles. The van der Waals surface area contributed by atoms with Gasteiger partial charge in [-0.2, -0.15) is 0 Å². The Balaban J connectivity index is 1.69. The number of rotatable bonds is 5. The summed E-state index contributed by atoms with van der Waals surface area (Å²) in [6.07, 6.45) is 4.54. The van der Waals surface area contributed by atoms with Crippen molar-refractivity contribution in [2.75, 3.05) is 0 Å². The Morgan fingerprint density at radius 3 is 2.81 bits per heavy atom. The summed E-state index contributed by atoms with van der Waals surface area (Å²) >= 11 is 5.07. The zero-order valence-electron chi connectivity index (χ0n) is 15.4. The van der Waals surface area contributed by atoms with Crippen LogP contribution in [0, 0.1) is 0 Å². The molecule has 3 aromatic rings. The summed E-state index contributed by atoms with van der Waals surface area (Å²) in [6, 6.07) is 0. The monoisotopic (exact) mass is 405 g/mol. The van der Waals surface area contributed by atoms with Gasteiger partial charge in [0.25, 0.3) is 5.56 Å². The number of nitrogens with zero attached hydrogens (tertiary/aromatic N) is 3. The Labute approximate surface area is 165 Å². The number of hydrogen-bond donors (Lipinski definition) is 0. The number of aryl methyl sites for hydroxylation is 2. The van der Waals surface area contributed by atoms with Gasteiger partial charge in [-0.25, -0.2) is 9.97 Å². The summed E-state index contributed by atoms with van der Waals surface area (Å²) in [5.74, 6) is 1.21. The molecule has 7 heteroatoms. The van der Waals surface area contributed by atoms with E-state index in [9.17, 15) is 4.79 Å². The Bertz CT molecular complexity index is 1000. The molecule has 138 valence electrons. The largest absolute Gasteiger partial charge is 0.287 e. The van der Waals surface area contributed by atoms with Crippen LogP contribution in [-0.4, -0.2) is 14.5 Å². The van der Waals surface area contributed by atoms with Crippen LogP contribution in [0.2, 0.25) is 0 Å². The first-order valence-corrected chi connectivity index (χ1v) is 11.9. The Morgan fingerprint density at radius 1 is 1.27 bits per heavy atom. The van der Waals surface area contributed by atoms with Gasteiger partial charge in [-0.3, -0.25) is 9.36 Å². The number of thiophene rings is 1. The Morgan fingerprint density at radius 2 is 2.08 bits per heavy atom. The molecule has 26 heavy (non-hydrogen) atoms. The van der Waals surface area contributed by atoms with Crippen LogP contribution in [0.1, 0.15) is 60.7 Å². The Kier molecular flexibility index (Phi) is 5.21. The van der Waals surface area contributed by atoms with E-state index in [1.165, 1.54) is 28.3 Å². The van der Waals surface area contributed by atoms with Gasteiger partial charge < -0.3 is 0 Å². The van der Waals surface area contributed by atoms with Crippen LogP contribution in [0.15, 0.2) is 15.3 Å². The van der Waals surface area contributed by atoms with Crippen LogP contribution in [0.3, 0.4) is 0 Å². The first-order chi connectivity index (χ1) is 12.6. The summed E-state index contributed by atoms with van der Waals surface area (Å²) < 4.78 is 1.84. The highest BCUT2D eigenvalue weighted by Crippen LogP contribution is 2.35. The van der Waals surface area contributed by atoms with Crippen molar-refractivity contribution in [1.29, 1.82) is 0 Å². The molecule has 1 aliphatic carbocycles. The Hall–Kier alpha value is -1.18. The van der Waals surface area contributed by atoms with Crippen molar-refractivity contribution in [3.8, 4) is 0 Å². The van der Waals surface area contributed by atoms with Crippen LogP contribution in [0.4, 0.5) is 0 Å². The molecule has 0 bridgehead atoms. The number of aromatic nitrogens is 3. The SMILES string of the molecule is CCn1c(SCc2csc(C(C)C)n2)nc2sc3c(c2c1=O)CCCC3. The smallest absolute Gasteiger partial charge is 0.263 e. The molecular weight excluding hydrogens is 382 g/mol. The third kappa shape index (κ3) is 3.25. The second-order valence-corrected chi connectivity index (χ2v) is 9.87. The summed E-state index contributed by atoms with van der Waals surface area (Å²) in [4.78, 5) is 25.0. The normalized spacial score (nSPS) is 14.3. The van der Waals surface area contributed by atoms with E-state index in [0.29, 0.717) is 12.5 Å². The van der Waals surface area contributed by atoms with Gasteiger partial charge in [0.15, 0.2) is 5.16 Å². The zero-order chi connectivity index (χ0) is 18.3. The highest BCUT2D eigenvalue weighted by Gasteiger charge is 2.22. The van der Waals surface area contributed by atoms with Crippen molar-refractivity contribution in [1.82, 2.24) is 14.5 Å². The van der Waals surface area contributed by atoms with Gasteiger partial charge >= 0.3 is 0 Å². The van der Waals surface area contributed by atoms with E-state index in [2.05, 4.69) is 19.2 Å². The highest BCUT2D eigenvalue weighted by molar-refractivity contribution is 7.98. The molecule has 0 aromatic carbocycles. The molecule has 0 unspecified atom stereocenters. The van der Waals surface area contributed by atoms with Crippen molar-refractivity contribution in [3.05, 3.63) is 36.9 Å². The van der Waals surface area contributed by atoms with E-state index in [1.54, 1.807) is 34.4 Å². The van der Waals surface area contributed by atoms with E-state index in [1.807, 2.05) is 11.5 Å². The lowest BCUT2D eigenvalue weighted by Gasteiger charge is -2.12. The molecular formula is C19H23N3OS3. The van der Waals surface area contributed by atoms with E-state index in [4.69, 9.17) is 9.97 Å². The quantitative estimate of drug-likeness (QED) is 0.431. The van der Waals surface area contributed by atoms with E-state index < -0.39 is 0 Å². The van der Waals surface area contributed by atoms with Gasteiger partial charge in [0.2, 0.25) is 0 Å². The molecule has 0 saturated heterocycles. The third-order valence-corrected chi connectivity index (χ3v) is 8.16. The number of thiazole rings is 1. The minimum atomic E-state index is 0.139. The fraction of sp³-hybridized carbons (Fsp3) is 0.526. The molecule has 3 aromatic heterocycles. The predicted octanol–water partition coefficient (Wildman–Crippen LogP) is 5.23. The molecule has 0 atom stereocenters. The van der Waals surface area contributed by atoms with Crippen LogP contribution < -0.4 is 5.56 Å². The average Bonchev–Trinajstić information content (AvgIpc) is 3.24. The molecule has 0 N–H and O–H groups in total. The van der Waals surface area contributed by atoms with E-state index >= 15 is 0 Å². The molecule has 4 nitrogen and oxygen atoms in total. The van der Waals surface area contributed by atoms with Crippen molar-refractivity contribution in [3.63, 3.8) is 0 Å². The molecule has 0 aliphatic heterocycles. The van der Waals surface area contributed by atoms with Gasteiger partial charge in [0.05, 0.1) is 16.1 Å². The van der Waals surface area contributed by atoms with E-state index in [0.717, 1.165) is 39.7 Å². The first-order valence-electron chi connectivity index (χ1n) is 9.20. The summed E-state index contributed by atoms with van der Waals surface area (Å²) in [5, 5.41) is 5.00. The topological polar surface area (TPSA) is 47.8 Å². The van der Waals surface area contributed by atoms with E-state index in [-0.39, 0.29) is 5.56 Å². The van der Waals surface area contributed by atoms with Crippen molar-refractivity contribution in [2.45, 2.75) is 69.8 Å². The predicted molar refractivity (Wildman–Crippen MR) is 112 cm³/mol. The molecule has 4 rings (SSSR count). The fourth-order valence-electron chi connectivity index (χ4n) is 3.40. The van der Waals surface area contributed by atoms with Crippen LogP contribution >= 0.6 is 34.4 Å². The number of thioether (sulfide) groups is 1. The number of hydrogen-bond acceptors (Lipinski definition) is 6. The summed E-state index contributed by atoms with van der Waals surface area (Å²) in [7, 11) is 0. The fourth-order valence-corrected chi connectivity index (χ4v) is 6.60. The average molecular weight is 406 g/mol. The molecule has 0 amide bonds. The molecule has 0 radical (unpaired) electrons. The maximum atomic E-state index is 13.1. The van der Waals surface area contributed by atoms with Gasteiger partial charge in [0.1, 0.15) is 4.83 Å². The minimum Gasteiger partial charge on any atom is -0.287 e. The molecule has 3 heterocycles. The van der Waals surface area contributed by atoms with Crippen molar-refractivity contribution >= 4 is 44.7 Å². The van der Waals surface area contributed by atoms with Gasteiger partial charge in [-0.1, -0.05) is 25.6 Å². The van der Waals surface area contributed by atoms with Gasteiger partial charge in [-0.05, 0) is 38.2 Å². The number of fused-ring (bicyclic) bond motifs is 3. The molecule has 0 spiro atoms. The maximum absolute atomic E-state index is 13.1. The molecule has 0 fully saturated rings. The van der Waals surface area contributed by atoms with Crippen molar-refractivity contribution in [2.24, 2.45) is 0 Å². The van der Waals surface area contributed by atoms with Crippen LogP contribution in [-0.2, 0) is 25.1 Å². The summed E-state index contributed by atoms with van der Waals surface area (Å²) in [6.45, 7) is 7.01. The first kappa shape index (κ1) is 18.2. The van der Waals surface area contributed by atoms with Crippen LogP contribution in [0.5, 0.6) is 0 Å². The minimum absolute atomic E-state index is 0.139. The van der Waals surface area contributed by atoms with Crippen molar-refractivity contribution < 1.29 is 0 Å². The van der Waals surface area contributed by atoms with Crippen LogP contribution in [0.25, 0.3) is 10.2 Å². The maximum Gasteiger partial charge on any atom is 0.263 e. The lowest BCUT2D eigenvalue weighted by Crippen LogP contribution is -2.23. The second-order valence-electron chi connectivity index (χ2n) is 6.96. The zero-order valence-corrected chi connectivity index (χ0v) is 17.8. The van der Waals surface area contributed by atoms with Gasteiger partial charge in [0, 0.05) is 28.5 Å². The lowest BCUT2D eigenvalue weighted by molar-refractivity contribution is 0.633. The third-order valence-electron chi connectivity index (χ3n) is 4.77. The second kappa shape index (κ2) is 7.44. The standard InChI is InChI=1S/C19H23N3OS3/c1-4-22-18(23)15-13-7-5-6-8-14(13)26-17(15)21-19(22)25-10-12-9-24-16(20-12)11(2)3/h9,11H,4-8,10H2,1-3H3. The van der Waals surface area contributed by atoms with Gasteiger partial charge in [-0.15, -0.1) is 22.7 Å². The highest BCUT2D eigenvalue weighted by atomic mass is 32.2. The lowest BCUT2D eigenvalue weighted by atomic mass is 9.97.